The van der Waals surface area contributed by atoms with Gasteiger partial charge in [0.05, 0.1) is 17.9 Å². The standard InChI is InChI=1S/C17H18N2O2S/c1-22(20,21)19-12-4-5-14-8-10-15(11-9-14)17-7-3-2-6-16(17)13-18/h2-3,6-11,19H,4-5,12H2,1H3. The van der Waals surface area contributed by atoms with E-state index >= 15 is 0 Å². The monoisotopic (exact) mass is 314 g/mol. The van der Waals surface area contributed by atoms with Crippen molar-refractivity contribution in [3.63, 3.8) is 0 Å². The molecule has 0 aliphatic heterocycles. The van der Waals surface area contributed by atoms with E-state index in [0.29, 0.717) is 12.1 Å². The molecule has 0 amide bonds. The molecule has 5 heteroatoms. The van der Waals surface area contributed by atoms with E-state index in [-0.39, 0.29) is 0 Å². The lowest BCUT2D eigenvalue weighted by Gasteiger charge is -2.06. The second kappa shape index (κ2) is 7.21. The van der Waals surface area contributed by atoms with Crippen molar-refractivity contribution in [3.05, 3.63) is 59.7 Å². The van der Waals surface area contributed by atoms with Crippen LogP contribution < -0.4 is 4.72 Å². The number of hydrogen-bond acceptors (Lipinski definition) is 3. The van der Waals surface area contributed by atoms with Gasteiger partial charge in [0.1, 0.15) is 0 Å². The summed E-state index contributed by atoms with van der Waals surface area (Å²) in [7, 11) is -3.11. The zero-order valence-electron chi connectivity index (χ0n) is 12.4. The predicted octanol–water partition coefficient (Wildman–Crippen LogP) is 2.71. The number of hydrogen-bond donors (Lipinski definition) is 1. The highest BCUT2D eigenvalue weighted by Gasteiger charge is 2.04. The molecule has 0 fully saturated rings. The summed E-state index contributed by atoms with van der Waals surface area (Å²) >= 11 is 0. The molecule has 2 aromatic rings. The quantitative estimate of drug-likeness (QED) is 0.833. The molecule has 0 heterocycles. The Morgan fingerprint density at radius 1 is 1.09 bits per heavy atom. The molecule has 0 atom stereocenters. The van der Waals surface area contributed by atoms with Crippen LogP contribution in [0.2, 0.25) is 0 Å². The lowest BCUT2D eigenvalue weighted by molar-refractivity contribution is 0.585. The normalized spacial score (nSPS) is 11.1. The van der Waals surface area contributed by atoms with Crippen LogP contribution in [0.1, 0.15) is 17.5 Å². The lowest BCUT2D eigenvalue weighted by Crippen LogP contribution is -2.23. The Morgan fingerprint density at radius 2 is 1.77 bits per heavy atom. The van der Waals surface area contributed by atoms with E-state index in [0.717, 1.165) is 35.8 Å². The molecule has 0 bridgehead atoms. The minimum atomic E-state index is -3.11. The Bertz CT molecular complexity index is 775. The molecule has 0 aromatic heterocycles. The highest BCUT2D eigenvalue weighted by atomic mass is 32.2. The fourth-order valence-electron chi connectivity index (χ4n) is 2.23. The summed E-state index contributed by atoms with van der Waals surface area (Å²) in [5.74, 6) is 0. The smallest absolute Gasteiger partial charge is 0.208 e. The van der Waals surface area contributed by atoms with Gasteiger partial charge in [-0.1, -0.05) is 42.5 Å². The zero-order chi connectivity index (χ0) is 16.0. The highest BCUT2D eigenvalue weighted by molar-refractivity contribution is 7.88. The van der Waals surface area contributed by atoms with Crippen molar-refractivity contribution in [2.24, 2.45) is 0 Å². The number of nitriles is 1. The van der Waals surface area contributed by atoms with E-state index in [1.54, 1.807) is 6.07 Å². The van der Waals surface area contributed by atoms with Crippen LogP contribution in [0.15, 0.2) is 48.5 Å². The van der Waals surface area contributed by atoms with Crippen LogP contribution in [-0.2, 0) is 16.4 Å². The van der Waals surface area contributed by atoms with Gasteiger partial charge in [0, 0.05) is 6.54 Å². The number of rotatable bonds is 6. The van der Waals surface area contributed by atoms with Crippen molar-refractivity contribution in [2.45, 2.75) is 12.8 Å². The van der Waals surface area contributed by atoms with Crippen LogP contribution in [0, 0.1) is 11.3 Å². The third-order valence-corrected chi connectivity index (χ3v) is 4.05. The van der Waals surface area contributed by atoms with Crippen molar-refractivity contribution >= 4 is 10.0 Å². The van der Waals surface area contributed by atoms with Gasteiger partial charge in [0.2, 0.25) is 10.0 Å². The van der Waals surface area contributed by atoms with E-state index in [1.165, 1.54) is 0 Å². The number of sulfonamides is 1. The molecule has 0 saturated heterocycles. The molecule has 0 radical (unpaired) electrons. The Hall–Kier alpha value is -2.16. The second-order valence-electron chi connectivity index (χ2n) is 5.12. The van der Waals surface area contributed by atoms with E-state index in [4.69, 9.17) is 5.26 Å². The Morgan fingerprint density at radius 3 is 2.41 bits per heavy atom. The third-order valence-electron chi connectivity index (χ3n) is 3.32. The fraction of sp³-hybridized carbons (Fsp3) is 0.235. The first-order valence-electron chi connectivity index (χ1n) is 7.03. The van der Waals surface area contributed by atoms with Crippen molar-refractivity contribution in [1.29, 1.82) is 5.26 Å². The third kappa shape index (κ3) is 4.69. The second-order valence-corrected chi connectivity index (χ2v) is 6.96. The predicted molar refractivity (Wildman–Crippen MR) is 87.8 cm³/mol. The SMILES string of the molecule is CS(=O)(=O)NCCCc1ccc(-c2ccccc2C#N)cc1. The van der Waals surface area contributed by atoms with Crippen molar-refractivity contribution in [3.8, 4) is 17.2 Å². The lowest BCUT2D eigenvalue weighted by atomic mass is 9.98. The van der Waals surface area contributed by atoms with Gasteiger partial charge in [0.15, 0.2) is 0 Å². The molecule has 1 N–H and O–H groups in total. The Balaban J connectivity index is 2.00. The number of nitrogens with zero attached hydrogens (tertiary/aromatic N) is 1. The van der Waals surface area contributed by atoms with Crippen LogP contribution in [0.3, 0.4) is 0 Å². The molecule has 2 rings (SSSR count). The highest BCUT2D eigenvalue weighted by Crippen LogP contribution is 2.23. The van der Waals surface area contributed by atoms with Crippen LogP contribution >= 0.6 is 0 Å². The van der Waals surface area contributed by atoms with Gasteiger partial charge in [-0.25, -0.2) is 13.1 Å². The van der Waals surface area contributed by atoms with Crippen molar-refractivity contribution in [2.75, 3.05) is 12.8 Å². The molecular formula is C17H18N2O2S. The first-order valence-corrected chi connectivity index (χ1v) is 8.92. The maximum Gasteiger partial charge on any atom is 0.208 e. The first-order chi connectivity index (χ1) is 10.5. The van der Waals surface area contributed by atoms with Crippen LogP contribution in [0.5, 0.6) is 0 Å². The molecule has 0 unspecified atom stereocenters. The maximum atomic E-state index is 11.0. The van der Waals surface area contributed by atoms with Gasteiger partial charge < -0.3 is 0 Å². The average molecular weight is 314 g/mol. The van der Waals surface area contributed by atoms with Gasteiger partial charge in [-0.15, -0.1) is 0 Å². The van der Waals surface area contributed by atoms with Gasteiger partial charge >= 0.3 is 0 Å². The number of benzene rings is 2. The molecule has 114 valence electrons. The maximum absolute atomic E-state index is 11.0. The Kier molecular flexibility index (Phi) is 5.31. The summed E-state index contributed by atoms with van der Waals surface area (Å²) < 4.78 is 24.4. The van der Waals surface area contributed by atoms with Crippen LogP contribution in [0.4, 0.5) is 0 Å². The zero-order valence-corrected chi connectivity index (χ0v) is 13.2. The van der Waals surface area contributed by atoms with E-state index < -0.39 is 10.0 Å². The van der Waals surface area contributed by atoms with Crippen molar-refractivity contribution in [1.82, 2.24) is 4.72 Å². The van der Waals surface area contributed by atoms with Gasteiger partial charge in [-0.2, -0.15) is 5.26 Å². The van der Waals surface area contributed by atoms with Gasteiger partial charge in [0.25, 0.3) is 0 Å². The van der Waals surface area contributed by atoms with E-state index in [2.05, 4.69) is 10.8 Å². The molecule has 22 heavy (non-hydrogen) atoms. The molecule has 0 saturated carbocycles. The molecule has 2 aromatic carbocycles. The van der Waals surface area contributed by atoms with Gasteiger partial charge in [-0.05, 0) is 35.6 Å². The average Bonchev–Trinajstić information content (AvgIpc) is 2.51. The molecular weight excluding hydrogens is 296 g/mol. The van der Waals surface area contributed by atoms with Crippen molar-refractivity contribution < 1.29 is 8.42 Å². The number of aryl methyl sites for hydroxylation is 1. The number of nitrogens with one attached hydrogen (secondary N) is 1. The van der Waals surface area contributed by atoms with E-state index in [1.807, 2.05) is 42.5 Å². The fourth-order valence-corrected chi connectivity index (χ4v) is 2.75. The molecule has 0 spiro atoms. The topological polar surface area (TPSA) is 70.0 Å². The summed E-state index contributed by atoms with van der Waals surface area (Å²) in [4.78, 5) is 0. The molecule has 0 aliphatic rings. The summed E-state index contributed by atoms with van der Waals surface area (Å²) in [5.41, 5.74) is 3.74. The van der Waals surface area contributed by atoms with Crippen LogP contribution in [0.25, 0.3) is 11.1 Å². The summed E-state index contributed by atoms with van der Waals surface area (Å²) in [6.45, 7) is 0.442. The summed E-state index contributed by atoms with van der Waals surface area (Å²) in [6, 6.07) is 17.7. The minimum Gasteiger partial charge on any atom is -0.215 e. The van der Waals surface area contributed by atoms with E-state index in [9.17, 15) is 8.42 Å². The Labute approximate surface area is 131 Å². The first kappa shape index (κ1) is 16.2. The minimum absolute atomic E-state index is 0.442. The summed E-state index contributed by atoms with van der Waals surface area (Å²) in [6.07, 6.45) is 2.72. The molecule has 4 nitrogen and oxygen atoms in total. The van der Waals surface area contributed by atoms with Crippen LogP contribution in [-0.4, -0.2) is 21.2 Å². The summed E-state index contributed by atoms with van der Waals surface area (Å²) in [5, 5.41) is 9.14. The molecule has 0 aliphatic carbocycles. The van der Waals surface area contributed by atoms with Gasteiger partial charge in [-0.3, -0.25) is 0 Å². The largest absolute Gasteiger partial charge is 0.215 e.